The average molecular weight is 250 g/mol. The third kappa shape index (κ3) is 3.14. The van der Waals surface area contributed by atoms with E-state index in [2.05, 4.69) is 0 Å². The van der Waals surface area contributed by atoms with E-state index in [1.165, 1.54) is 21.1 Å². The standard InChI is InChI=1S/C10H18O7/c1-5(12)16-10-9(15-3)8(14-2)7(13)6(4-11)17-10/h6-11,13H,4H2,1-3H3/t6-,7-,8+,9-,10?/m1/s1. The van der Waals surface area contributed by atoms with Crippen molar-refractivity contribution in [2.75, 3.05) is 20.8 Å². The molecule has 100 valence electrons. The molecule has 1 heterocycles. The predicted octanol–water partition coefficient (Wildman–Crippen LogP) is -1.34. The molecule has 5 atom stereocenters. The summed E-state index contributed by atoms with van der Waals surface area (Å²) in [6.45, 7) is 0.825. The summed E-state index contributed by atoms with van der Waals surface area (Å²) in [6.07, 6.45) is -4.43. The van der Waals surface area contributed by atoms with Crippen LogP contribution in [0.4, 0.5) is 0 Å². The number of esters is 1. The summed E-state index contributed by atoms with van der Waals surface area (Å²) >= 11 is 0. The second kappa shape index (κ2) is 6.27. The van der Waals surface area contributed by atoms with Gasteiger partial charge in [-0.1, -0.05) is 0 Å². The number of ether oxygens (including phenoxy) is 4. The Hall–Kier alpha value is -0.730. The molecule has 0 saturated carbocycles. The van der Waals surface area contributed by atoms with Gasteiger partial charge in [0.1, 0.15) is 24.4 Å². The normalized spacial score (nSPS) is 37.8. The van der Waals surface area contributed by atoms with Crippen LogP contribution in [0, 0.1) is 0 Å². The lowest BCUT2D eigenvalue weighted by Crippen LogP contribution is -2.60. The fourth-order valence-corrected chi connectivity index (χ4v) is 1.82. The lowest BCUT2D eigenvalue weighted by molar-refractivity contribution is -0.300. The first-order valence-corrected chi connectivity index (χ1v) is 5.22. The summed E-state index contributed by atoms with van der Waals surface area (Å²) in [4.78, 5) is 10.9. The van der Waals surface area contributed by atoms with Crippen LogP contribution in [0.5, 0.6) is 0 Å². The van der Waals surface area contributed by atoms with Crippen LogP contribution >= 0.6 is 0 Å². The first-order valence-electron chi connectivity index (χ1n) is 5.22. The van der Waals surface area contributed by atoms with Gasteiger partial charge in [-0.3, -0.25) is 4.79 Å². The molecule has 0 amide bonds. The van der Waals surface area contributed by atoms with E-state index in [0.717, 1.165) is 0 Å². The number of rotatable bonds is 4. The fraction of sp³-hybridized carbons (Fsp3) is 0.900. The van der Waals surface area contributed by atoms with E-state index in [4.69, 9.17) is 24.1 Å². The lowest BCUT2D eigenvalue weighted by atomic mass is 9.99. The molecule has 0 aliphatic carbocycles. The van der Waals surface area contributed by atoms with Gasteiger partial charge < -0.3 is 29.2 Å². The summed E-state index contributed by atoms with van der Waals surface area (Å²) < 4.78 is 20.4. The SMILES string of the molecule is CO[C@H]1[C@H](O)[C@@H](CO)OC(OC(C)=O)[C@@H]1OC. The quantitative estimate of drug-likeness (QED) is 0.596. The molecule has 0 spiro atoms. The molecule has 1 aliphatic heterocycles. The summed E-state index contributed by atoms with van der Waals surface area (Å²) in [7, 11) is 2.78. The minimum absolute atomic E-state index is 0.408. The molecule has 7 nitrogen and oxygen atoms in total. The first-order chi connectivity index (χ1) is 8.04. The molecular weight excluding hydrogens is 232 g/mol. The molecular formula is C10H18O7. The van der Waals surface area contributed by atoms with E-state index >= 15 is 0 Å². The van der Waals surface area contributed by atoms with Crippen LogP contribution in [0.3, 0.4) is 0 Å². The number of carbonyl (C=O) groups is 1. The van der Waals surface area contributed by atoms with E-state index in [9.17, 15) is 9.90 Å². The smallest absolute Gasteiger partial charge is 0.305 e. The van der Waals surface area contributed by atoms with Gasteiger partial charge in [-0.25, -0.2) is 0 Å². The Kier molecular flexibility index (Phi) is 5.29. The molecule has 0 aromatic heterocycles. The Labute approximate surface area is 99.2 Å². The first kappa shape index (κ1) is 14.3. The highest BCUT2D eigenvalue weighted by Gasteiger charge is 2.47. The molecule has 1 aliphatic rings. The molecule has 1 unspecified atom stereocenters. The van der Waals surface area contributed by atoms with Crippen LogP contribution in [-0.4, -0.2) is 67.7 Å². The van der Waals surface area contributed by atoms with Crippen LogP contribution in [0.25, 0.3) is 0 Å². The molecule has 7 heteroatoms. The second-order valence-electron chi connectivity index (χ2n) is 3.73. The highest BCUT2D eigenvalue weighted by molar-refractivity contribution is 5.66. The van der Waals surface area contributed by atoms with Gasteiger partial charge in [0, 0.05) is 21.1 Å². The summed E-state index contributed by atoms with van der Waals surface area (Å²) in [5.41, 5.74) is 0. The highest BCUT2D eigenvalue weighted by Crippen LogP contribution is 2.25. The number of carbonyl (C=O) groups excluding carboxylic acids is 1. The Balaban J connectivity index is 2.84. The van der Waals surface area contributed by atoms with E-state index in [1.54, 1.807) is 0 Å². The van der Waals surface area contributed by atoms with Gasteiger partial charge >= 0.3 is 5.97 Å². The molecule has 0 radical (unpaired) electrons. The molecule has 1 fully saturated rings. The number of hydrogen-bond acceptors (Lipinski definition) is 7. The molecule has 2 N–H and O–H groups in total. The maximum absolute atomic E-state index is 10.9. The number of aliphatic hydroxyl groups is 2. The van der Waals surface area contributed by atoms with Gasteiger partial charge in [0.25, 0.3) is 0 Å². The van der Waals surface area contributed by atoms with Crippen LogP contribution in [0.1, 0.15) is 6.92 Å². The summed E-state index contributed by atoms with van der Waals surface area (Å²) in [6, 6.07) is 0. The highest BCUT2D eigenvalue weighted by atomic mass is 16.7. The summed E-state index contributed by atoms with van der Waals surface area (Å²) in [5.74, 6) is -0.542. The molecule has 17 heavy (non-hydrogen) atoms. The lowest BCUT2D eigenvalue weighted by Gasteiger charge is -2.42. The topological polar surface area (TPSA) is 94.5 Å². The van der Waals surface area contributed by atoms with Crippen LogP contribution in [-0.2, 0) is 23.7 Å². The Morgan fingerprint density at radius 3 is 2.29 bits per heavy atom. The van der Waals surface area contributed by atoms with Gasteiger partial charge in [0.15, 0.2) is 0 Å². The van der Waals surface area contributed by atoms with Gasteiger partial charge in [0.05, 0.1) is 6.61 Å². The van der Waals surface area contributed by atoms with E-state index in [1.807, 2.05) is 0 Å². The molecule has 0 aromatic rings. The van der Waals surface area contributed by atoms with Crippen molar-refractivity contribution in [3.8, 4) is 0 Å². The molecule has 0 bridgehead atoms. The van der Waals surface area contributed by atoms with Gasteiger partial charge in [0.2, 0.25) is 6.29 Å². The number of methoxy groups -OCH3 is 2. The fourth-order valence-electron chi connectivity index (χ4n) is 1.82. The van der Waals surface area contributed by atoms with Crippen LogP contribution < -0.4 is 0 Å². The van der Waals surface area contributed by atoms with Crippen molar-refractivity contribution in [3.63, 3.8) is 0 Å². The molecule has 1 rings (SSSR count). The van der Waals surface area contributed by atoms with Gasteiger partial charge in [-0.15, -0.1) is 0 Å². The zero-order chi connectivity index (χ0) is 13.0. The van der Waals surface area contributed by atoms with Crippen molar-refractivity contribution in [3.05, 3.63) is 0 Å². The third-order valence-electron chi connectivity index (χ3n) is 2.62. The van der Waals surface area contributed by atoms with Crippen molar-refractivity contribution in [2.24, 2.45) is 0 Å². The van der Waals surface area contributed by atoms with Gasteiger partial charge in [-0.05, 0) is 0 Å². The largest absolute Gasteiger partial charge is 0.433 e. The Morgan fingerprint density at radius 1 is 1.29 bits per heavy atom. The van der Waals surface area contributed by atoms with Crippen LogP contribution in [0.2, 0.25) is 0 Å². The summed E-state index contributed by atoms with van der Waals surface area (Å²) in [5, 5.41) is 18.9. The van der Waals surface area contributed by atoms with Crippen molar-refractivity contribution < 1.29 is 34.0 Å². The maximum atomic E-state index is 10.9. The number of hydrogen-bond donors (Lipinski definition) is 2. The van der Waals surface area contributed by atoms with Crippen molar-refractivity contribution in [1.29, 1.82) is 0 Å². The molecule has 1 saturated heterocycles. The molecule has 0 aromatic carbocycles. The second-order valence-corrected chi connectivity index (χ2v) is 3.73. The van der Waals surface area contributed by atoms with E-state index in [0.29, 0.717) is 0 Å². The average Bonchev–Trinajstić information content (AvgIpc) is 2.29. The van der Waals surface area contributed by atoms with Crippen molar-refractivity contribution >= 4 is 5.97 Å². The predicted molar refractivity (Wildman–Crippen MR) is 55.1 cm³/mol. The van der Waals surface area contributed by atoms with Crippen LogP contribution in [0.15, 0.2) is 0 Å². The minimum atomic E-state index is -1.05. The number of aliphatic hydroxyl groups excluding tert-OH is 2. The van der Waals surface area contributed by atoms with Gasteiger partial charge in [-0.2, -0.15) is 0 Å². The zero-order valence-corrected chi connectivity index (χ0v) is 10.0. The minimum Gasteiger partial charge on any atom is -0.433 e. The van der Waals surface area contributed by atoms with Crippen molar-refractivity contribution in [2.45, 2.75) is 37.6 Å². The Bertz CT molecular complexity index is 257. The van der Waals surface area contributed by atoms with Crippen molar-refractivity contribution in [1.82, 2.24) is 0 Å². The Morgan fingerprint density at radius 2 is 1.88 bits per heavy atom. The monoisotopic (exact) mass is 250 g/mol. The van der Waals surface area contributed by atoms with E-state index < -0.39 is 43.3 Å². The third-order valence-corrected chi connectivity index (χ3v) is 2.62. The maximum Gasteiger partial charge on any atom is 0.305 e. The zero-order valence-electron chi connectivity index (χ0n) is 10.0. The van der Waals surface area contributed by atoms with E-state index in [-0.39, 0.29) is 0 Å².